The fraction of sp³-hybridized carbons (Fsp3) is 0.143. The van der Waals surface area contributed by atoms with Crippen LogP contribution in [0.1, 0.15) is 0 Å². The third-order valence-electron chi connectivity index (χ3n) is 2.10. The summed E-state index contributed by atoms with van der Waals surface area (Å²) in [5, 5.41) is 2.14. The zero-order valence-electron chi connectivity index (χ0n) is 9.90. The SMILES string of the molecule is C(=CCSc1ccccn1)CSc1ccccn1. The molecule has 92 valence electrons. The molecular weight excluding hydrogens is 260 g/mol. The third-order valence-corrected chi connectivity index (χ3v) is 3.89. The van der Waals surface area contributed by atoms with Crippen LogP contribution in [-0.2, 0) is 0 Å². The van der Waals surface area contributed by atoms with E-state index in [-0.39, 0.29) is 0 Å². The molecule has 0 radical (unpaired) electrons. The molecule has 2 nitrogen and oxygen atoms in total. The van der Waals surface area contributed by atoms with Gasteiger partial charge in [-0.2, -0.15) is 0 Å². The summed E-state index contributed by atoms with van der Waals surface area (Å²) in [6.07, 6.45) is 8.00. The van der Waals surface area contributed by atoms with E-state index in [9.17, 15) is 0 Å². The molecule has 0 aliphatic rings. The van der Waals surface area contributed by atoms with Crippen LogP contribution in [0, 0.1) is 0 Å². The zero-order valence-corrected chi connectivity index (χ0v) is 11.5. The van der Waals surface area contributed by atoms with E-state index in [4.69, 9.17) is 0 Å². The lowest BCUT2D eigenvalue weighted by Gasteiger charge is -1.96. The summed E-state index contributed by atoms with van der Waals surface area (Å²) in [7, 11) is 0. The van der Waals surface area contributed by atoms with Crippen LogP contribution in [0.5, 0.6) is 0 Å². The first-order chi connectivity index (χ1) is 8.95. The maximum atomic E-state index is 4.26. The van der Waals surface area contributed by atoms with Crippen LogP contribution in [0.3, 0.4) is 0 Å². The zero-order chi connectivity index (χ0) is 12.5. The molecule has 0 fully saturated rings. The van der Waals surface area contributed by atoms with Crippen LogP contribution in [0.15, 0.2) is 71.0 Å². The van der Waals surface area contributed by atoms with Gasteiger partial charge in [0.15, 0.2) is 0 Å². The minimum absolute atomic E-state index is 0.958. The van der Waals surface area contributed by atoms with E-state index in [1.807, 2.05) is 48.8 Å². The van der Waals surface area contributed by atoms with Crippen LogP contribution >= 0.6 is 23.5 Å². The minimum Gasteiger partial charge on any atom is -0.250 e. The van der Waals surface area contributed by atoms with Crippen LogP contribution in [0.2, 0.25) is 0 Å². The van der Waals surface area contributed by atoms with Gasteiger partial charge in [-0.1, -0.05) is 24.3 Å². The van der Waals surface area contributed by atoms with Gasteiger partial charge in [0, 0.05) is 23.9 Å². The van der Waals surface area contributed by atoms with Gasteiger partial charge in [0.2, 0.25) is 0 Å². The maximum absolute atomic E-state index is 4.26. The molecule has 0 saturated heterocycles. The van der Waals surface area contributed by atoms with Crippen LogP contribution in [-0.4, -0.2) is 21.5 Å². The molecule has 18 heavy (non-hydrogen) atoms. The Morgan fingerprint density at radius 1 is 0.778 bits per heavy atom. The van der Waals surface area contributed by atoms with Gasteiger partial charge in [-0.25, -0.2) is 9.97 Å². The Morgan fingerprint density at radius 2 is 1.28 bits per heavy atom. The van der Waals surface area contributed by atoms with Crippen molar-refractivity contribution >= 4 is 23.5 Å². The van der Waals surface area contributed by atoms with Gasteiger partial charge in [-0.05, 0) is 24.3 Å². The number of nitrogens with zero attached hydrogens (tertiary/aromatic N) is 2. The second kappa shape index (κ2) is 7.95. The molecule has 2 rings (SSSR count). The summed E-state index contributed by atoms with van der Waals surface area (Å²) in [6.45, 7) is 0. The average Bonchev–Trinajstić information content (AvgIpc) is 2.45. The van der Waals surface area contributed by atoms with Gasteiger partial charge in [0.25, 0.3) is 0 Å². The molecular formula is C14H14N2S2. The molecule has 0 saturated carbocycles. The molecule has 0 aliphatic carbocycles. The van der Waals surface area contributed by atoms with Crippen molar-refractivity contribution < 1.29 is 0 Å². The summed E-state index contributed by atoms with van der Waals surface area (Å²) >= 11 is 3.49. The standard InChI is InChI=1S/C14H14N2S2/c1-3-9-15-13(7-1)17-11-5-6-12-18-14-8-2-4-10-16-14/h1-10H,11-12H2. The summed E-state index contributed by atoms with van der Waals surface area (Å²) < 4.78 is 0. The van der Waals surface area contributed by atoms with Crippen molar-refractivity contribution in [3.63, 3.8) is 0 Å². The number of thioether (sulfide) groups is 2. The Labute approximate surface area is 116 Å². The van der Waals surface area contributed by atoms with E-state index in [0.717, 1.165) is 21.6 Å². The van der Waals surface area contributed by atoms with Crippen molar-refractivity contribution in [2.24, 2.45) is 0 Å². The monoisotopic (exact) mass is 274 g/mol. The molecule has 0 aliphatic heterocycles. The summed E-state index contributed by atoms with van der Waals surface area (Å²) in [5.74, 6) is 1.92. The Kier molecular flexibility index (Phi) is 5.82. The third kappa shape index (κ3) is 4.94. The first kappa shape index (κ1) is 13.2. The molecule has 0 aromatic carbocycles. The van der Waals surface area contributed by atoms with Crippen molar-refractivity contribution in [2.45, 2.75) is 10.1 Å². The highest BCUT2D eigenvalue weighted by atomic mass is 32.2. The van der Waals surface area contributed by atoms with Crippen LogP contribution in [0.25, 0.3) is 0 Å². The van der Waals surface area contributed by atoms with Crippen LogP contribution < -0.4 is 0 Å². The van der Waals surface area contributed by atoms with E-state index in [2.05, 4.69) is 22.1 Å². The number of hydrogen-bond donors (Lipinski definition) is 0. The topological polar surface area (TPSA) is 25.8 Å². The Bertz CT molecular complexity index is 426. The molecule has 2 heterocycles. The molecule has 0 spiro atoms. The predicted octanol–water partition coefficient (Wildman–Crippen LogP) is 3.92. The fourth-order valence-corrected chi connectivity index (χ4v) is 2.69. The number of aromatic nitrogens is 2. The number of pyridine rings is 2. The van der Waals surface area contributed by atoms with Gasteiger partial charge in [-0.3, -0.25) is 0 Å². The molecule has 0 amide bonds. The quantitative estimate of drug-likeness (QED) is 0.589. The molecule has 2 aromatic heterocycles. The average molecular weight is 274 g/mol. The number of hydrogen-bond acceptors (Lipinski definition) is 4. The highest BCUT2D eigenvalue weighted by molar-refractivity contribution is 7.99. The molecule has 0 bridgehead atoms. The highest BCUT2D eigenvalue weighted by Crippen LogP contribution is 2.16. The fourth-order valence-electron chi connectivity index (χ4n) is 1.27. The largest absolute Gasteiger partial charge is 0.250 e. The van der Waals surface area contributed by atoms with E-state index >= 15 is 0 Å². The van der Waals surface area contributed by atoms with Crippen molar-refractivity contribution in [1.82, 2.24) is 9.97 Å². The van der Waals surface area contributed by atoms with Crippen molar-refractivity contribution in [2.75, 3.05) is 11.5 Å². The van der Waals surface area contributed by atoms with Gasteiger partial charge in [0.05, 0.1) is 10.1 Å². The molecule has 0 atom stereocenters. The van der Waals surface area contributed by atoms with E-state index in [1.54, 1.807) is 23.5 Å². The lowest BCUT2D eigenvalue weighted by molar-refractivity contribution is 1.14. The minimum atomic E-state index is 0.958. The van der Waals surface area contributed by atoms with Gasteiger partial charge < -0.3 is 0 Å². The van der Waals surface area contributed by atoms with Gasteiger partial charge in [-0.15, -0.1) is 23.5 Å². The lowest BCUT2D eigenvalue weighted by atomic mass is 10.5. The number of rotatable bonds is 6. The van der Waals surface area contributed by atoms with Crippen LogP contribution in [0.4, 0.5) is 0 Å². The first-order valence-corrected chi connectivity index (χ1v) is 7.65. The van der Waals surface area contributed by atoms with Gasteiger partial charge in [0.1, 0.15) is 0 Å². The summed E-state index contributed by atoms with van der Waals surface area (Å²) in [6, 6.07) is 11.9. The van der Waals surface area contributed by atoms with Gasteiger partial charge >= 0.3 is 0 Å². The molecule has 4 heteroatoms. The van der Waals surface area contributed by atoms with E-state index in [1.165, 1.54) is 0 Å². The Morgan fingerprint density at radius 3 is 1.67 bits per heavy atom. The normalized spacial score (nSPS) is 10.9. The maximum Gasteiger partial charge on any atom is 0.0962 e. The Balaban J connectivity index is 1.64. The highest BCUT2D eigenvalue weighted by Gasteiger charge is 1.91. The van der Waals surface area contributed by atoms with E-state index in [0.29, 0.717) is 0 Å². The predicted molar refractivity (Wildman–Crippen MR) is 79.1 cm³/mol. The second-order valence-electron chi connectivity index (χ2n) is 3.43. The molecule has 0 unspecified atom stereocenters. The molecule has 0 N–H and O–H groups in total. The lowest BCUT2D eigenvalue weighted by Crippen LogP contribution is -1.80. The van der Waals surface area contributed by atoms with Crippen molar-refractivity contribution in [3.05, 3.63) is 60.9 Å². The second-order valence-corrected chi connectivity index (χ2v) is 5.51. The summed E-state index contributed by atoms with van der Waals surface area (Å²) in [5.41, 5.74) is 0. The summed E-state index contributed by atoms with van der Waals surface area (Å²) in [4.78, 5) is 8.52. The smallest absolute Gasteiger partial charge is 0.0962 e. The Hall–Kier alpha value is -1.26. The van der Waals surface area contributed by atoms with Crippen molar-refractivity contribution in [3.8, 4) is 0 Å². The molecule has 2 aromatic rings. The van der Waals surface area contributed by atoms with Crippen molar-refractivity contribution in [1.29, 1.82) is 0 Å². The first-order valence-electron chi connectivity index (χ1n) is 5.68. The van der Waals surface area contributed by atoms with E-state index < -0.39 is 0 Å².